The zero-order valence-electron chi connectivity index (χ0n) is 29.3. The number of hydrogen-bond acceptors (Lipinski definition) is 6. The molecule has 0 saturated carbocycles. The van der Waals surface area contributed by atoms with Gasteiger partial charge in [-0.3, -0.25) is 4.79 Å². The Balaban J connectivity index is 1.63. The molecule has 3 aromatic rings. The molecule has 0 radical (unpaired) electrons. The maximum absolute atomic E-state index is 15.5. The molecule has 1 fully saturated rings. The number of likely N-dealkylation sites (N-methyl/N-ethyl adjacent to an activating group) is 1. The molecule has 4 rings (SSSR count). The summed E-state index contributed by atoms with van der Waals surface area (Å²) in [6, 6.07) is 16.0. The molecule has 48 heavy (non-hydrogen) atoms. The van der Waals surface area contributed by atoms with Crippen LogP contribution in [-0.4, -0.2) is 83.7 Å². The number of halogens is 1. The predicted molar refractivity (Wildman–Crippen MR) is 186 cm³/mol. The summed E-state index contributed by atoms with van der Waals surface area (Å²) in [7, 11) is 3.34. The molecular formula is C38H51FN4O5. The predicted octanol–water partition coefficient (Wildman–Crippen LogP) is 7.22. The van der Waals surface area contributed by atoms with Crippen molar-refractivity contribution in [3.05, 3.63) is 90.4 Å². The lowest BCUT2D eigenvalue weighted by Crippen LogP contribution is -2.43. The van der Waals surface area contributed by atoms with Gasteiger partial charge in [0.2, 0.25) is 11.9 Å². The van der Waals surface area contributed by atoms with Gasteiger partial charge in [-0.25, -0.2) is 9.48 Å². The van der Waals surface area contributed by atoms with E-state index in [1.54, 1.807) is 24.9 Å². The normalized spacial score (nSPS) is 17.2. The average molecular weight is 663 g/mol. The van der Waals surface area contributed by atoms with Gasteiger partial charge >= 0.3 is 6.09 Å². The fourth-order valence-electron chi connectivity index (χ4n) is 6.00. The number of carbonyl (C=O) groups is 2. The van der Waals surface area contributed by atoms with Crippen molar-refractivity contribution in [2.45, 2.75) is 83.1 Å². The standard InChI is InChI=1S/C38H51FN4O5/c1-8-15-32(46-25-23-42(36(45)48-37(2,3)4)22-14-18-33(44)41(6)7)38(5,27-28-16-10-9-11-17-28)29-20-21-31-30(26-29)35(39)40-43(31)34-19-12-13-24-47-34/h8-11,14,16-18,20-21,26,32,34H,1,12-13,15,19,22-25,27H2,2-7H3/b18-14+/t32-,34?,38?/m1/s1. The fraction of sp³-hybridized carbons (Fsp3) is 0.500. The molecule has 2 heterocycles. The number of ether oxygens (including phenoxy) is 3. The highest BCUT2D eigenvalue weighted by atomic mass is 19.1. The van der Waals surface area contributed by atoms with Crippen LogP contribution in [0.5, 0.6) is 0 Å². The molecule has 0 N–H and O–H groups in total. The summed E-state index contributed by atoms with van der Waals surface area (Å²) < 4.78 is 35.4. The van der Waals surface area contributed by atoms with E-state index in [1.807, 2.05) is 63.2 Å². The Bertz CT molecular complexity index is 1560. The molecule has 2 unspecified atom stereocenters. The lowest BCUT2D eigenvalue weighted by Gasteiger charge is -2.39. The van der Waals surface area contributed by atoms with E-state index in [2.05, 4.69) is 30.7 Å². The van der Waals surface area contributed by atoms with Crippen LogP contribution in [0.3, 0.4) is 0 Å². The van der Waals surface area contributed by atoms with Gasteiger partial charge in [0.05, 0.1) is 23.6 Å². The van der Waals surface area contributed by atoms with E-state index in [1.165, 1.54) is 15.9 Å². The molecule has 0 bridgehead atoms. The first kappa shape index (κ1) is 36.8. The number of nitrogens with zero attached hydrogens (tertiary/aromatic N) is 4. The SMILES string of the molecule is C=CC[C@@H](OCCN(C/C=C/C(=O)N(C)C)C(=O)OC(C)(C)C)C(C)(Cc1ccccc1)c1ccc2c(c1)c(F)nn2C1CCCCO1. The van der Waals surface area contributed by atoms with E-state index in [4.69, 9.17) is 14.2 Å². The van der Waals surface area contributed by atoms with E-state index in [-0.39, 0.29) is 37.9 Å². The van der Waals surface area contributed by atoms with E-state index in [9.17, 15) is 9.59 Å². The first-order valence-electron chi connectivity index (χ1n) is 16.7. The molecule has 260 valence electrons. The van der Waals surface area contributed by atoms with Crippen LogP contribution in [0, 0.1) is 5.95 Å². The Morgan fingerprint density at radius 3 is 2.54 bits per heavy atom. The van der Waals surface area contributed by atoms with Crippen LogP contribution >= 0.6 is 0 Å². The zero-order chi connectivity index (χ0) is 34.9. The van der Waals surface area contributed by atoms with Crippen LogP contribution in [0.4, 0.5) is 9.18 Å². The Labute approximate surface area is 284 Å². The number of carbonyl (C=O) groups excluding carboxylic acids is 2. The Morgan fingerprint density at radius 2 is 1.90 bits per heavy atom. The summed E-state index contributed by atoms with van der Waals surface area (Å²) in [6.45, 7) is 12.8. The summed E-state index contributed by atoms with van der Waals surface area (Å²) in [5, 5.41) is 4.69. The Hall–Kier alpha value is -4.02. The highest BCUT2D eigenvalue weighted by molar-refractivity contribution is 5.87. The third-order valence-electron chi connectivity index (χ3n) is 8.61. The summed E-state index contributed by atoms with van der Waals surface area (Å²) in [5.74, 6) is -0.707. The highest BCUT2D eigenvalue weighted by Crippen LogP contribution is 2.38. The number of aromatic nitrogens is 2. The zero-order valence-corrected chi connectivity index (χ0v) is 29.3. The van der Waals surface area contributed by atoms with Crippen molar-refractivity contribution in [2.75, 3.05) is 40.4 Å². The fourth-order valence-corrected chi connectivity index (χ4v) is 6.00. The van der Waals surface area contributed by atoms with Crippen molar-refractivity contribution < 1.29 is 28.2 Å². The molecular weight excluding hydrogens is 611 g/mol. The summed E-state index contributed by atoms with van der Waals surface area (Å²) in [6.07, 6.45) is 7.68. The molecule has 1 aliphatic heterocycles. The third kappa shape index (κ3) is 9.54. The second-order valence-electron chi connectivity index (χ2n) is 13.8. The Morgan fingerprint density at radius 1 is 1.15 bits per heavy atom. The van der Waals surface area contributed by atoms with Crippen LogP contribution in [0.15, 0.2) is 73.3 Å². The van der Waals surface area contributed by atoms with Crippen LogP contribution in [-0.2, 0) is 30.8 Å². The average Bonchev–Trinajstić information content (AvgIpc) is 3.38. The lowest BCUT2D eigenvalue weighted by atomic mass is 9.71. The van der Waals surface area contributed by atoms with Gasteiger partial charge in [-0.15, -0.1) is 11.7 Å². The van der Waals surface area contributed by atoms with Crippen molar-refractivity contribution in [3.63, 3.8) is 0 Å². The van der Waals surface area contributed by atoms with Crippen molar-refractivity contribution in [2.24, 2.45) is 0 Å². The second kappa shape index (κ2) is 16.4. The quantitative estimate of drug-likeness (QED) is 0.134. The first-order chi connectivity index (χ1) is 22.8. The minimum absolute atomic E-state index is 0.176. The molecule has 0 aliphatic carbocycles. The summed E-state index contributed by atoms with van der Waals surface area (Å²) in [4.78, 5) is 28.2. The van der Waals surface area contributed by atoms with Crippen LogP contribution in [0.2, 0.25) is 0 Å². The van der Waals surface area contributed by atoms with E-state index in [0.717, 1.165) is 30.4 Å². The summed E-state index contributed by atoms with van der Waals surface area (Å²) in [5.41, 5.74) is 1.40. The van der Waals surface area contributed by atoms with E-state index < -0.39 is 23.1 Å². The van der Waals surface area contributed by atoms with Crippen LogP contribution in [0.1, 0.15) is 70.7 Å². The van der Waals surface area contributed by atoms with Gasteiger partial charge in [0, 0.05) is 45.3 Å². The van der Waals surface area contributed by atoms with Gasteiger partial charge in [-0.05, 0) is 76.1 Å². The molecule has 1 aromatic heterocycles. The summed E-state index contributed by atoms with van der Waals surface area (Å²) >= 11 is 0. The van der Waals surface area contributed by atoms with E-state index >= 15 is 4.39 Å². The van der Waals surface area contributed by atoms with Gasteiger partial charge in [0.1, 0.15) is 5.60 Å². The largest absolute Gasteiger partial charge is 0.444 e. The van der Waals surface area contributed by atoms with Gasteiger partial charge in [0.15, 0.2) is 6.23 Å². The first-order valence-corrected chi connectivity index (χ1v) is 16.7. The number of fused-ring (bicyclic) bond motifs is 1. The minimum atomic E-state index is -0.691. The lowest BCUT2D eigenvalue weighted by molar-refractivity contribution is -0.123. The number of rotatable bonds is 14. The molecule has 2 amide bonds. The number of amides is 2. The topological polar surface area (TPSA) is 86.1 Å². The molecule has 2 aromatic carbocycles. The van der Waals surface area contributed by atoms with Crippen molar-refractivity contribution in [1.82, 2.24) is 19.6 Å². The highest BCUT2D eigenvalue weighted by Gasteiger charge is 2.37. The molecule has 3 atom stereocenters. The molecule has 1 saturated heterocycles. The number of benzene rings is 2. The van der Waals surface area contributed by atoms with Crippen LogP contribution in [0.25, 0.3) is 10.9 Å². The van der Waals surface area contributed by atoms with Gasteiger partial charge in [-0.2, -0.15) is 4.39 Å². The molecule has 10 heteroatoms. The van der Waals surface area contributed by atoms with Crippen LogP contribution < -0.4 is 0 Å². The smallest absolute Gasteiger partial charge is 0.410 e. The molecule has 0 spiro atoms. The molecule has 1 aliphatic rings. The molecule has 9 nitrogen and oxygen atoms in total. The monoisotopic (exact) mass is 662 g/mol. The number of hydrogen-bond donors (Lipinski definition) is 0. The second-order valence-corrected chi connectivity index (χ2v) is 13.8. The minimum Gasteiger partial charge on any atom is -0.444 e. The maximum atomic E-state index is 15.5. The van der Waals surface area contributed by atoms with Gasteiger partial charge in [0.25, 0.3) is 0 Å². The van der Waals surface area contributed by atoms with Crippen molar-refractivity contribution in [3.8, 4) is 0 Å². The van der Waals surface area contributed by atoms with E-state index in [0.29, 0.717) is 30.4 Å². The van der Waals surface area contributed by atoms with Gasteiger partial charge < -0.3 is 24.0 Å². The van der Waals surface area contributed by atoms with Crippen molar-refractivity contribution >= 4 is 22.9 Å². The maximum Gasteiger partial charge on any atom is 0.410 e. The van der Waals surface area contributed by atoms with Crippen molar-refractivity contribution in [1.29, 1.82) is 0 Å². The Kier molecular flexibility index (Phi) is 12.6. The third-order valence-corrected chi connectivity index (χ3v) is 8.61. The van der Waals surface area contributed by atoms with Gasteiger partial charge in [-0.1, -0.05) is 55.5 Å².